The second-order valence-electron chi connectivity index (χ2n) is 4.11. The number of carbonyl (C=O) groups is 2. The maximum absolute atomic E-state index is 12.3. The van der Waals surface area contributed by atoms with Crippen molar-refractivity contribution in [2.45, 2.75) is 6.92 Å². The van der Waals surface area contributed by atoms with Gasteiger partial charge in [-0.25, -0.2) is 0 Å². The largest absolute Gasteiger partial charge is 0.366 e. The molecule has 2 rings (SSSR count). The number of nitrogens with two attached hydrogens (primary N) is 1. The summed E-state index contributed by atoms with van der Waals surface area (Å²) in [7, 11) is 0. The summed E-state index contributed by atoms with van der Waals surface area (Å²) in [5, 5.41) is 0. The second-order valence-corrected chi connectivity index (χ2v) is 4.11. The van der Waals surface area contributed by atoms with E-state index < -0.39 is 5.91 Å². The predicted molar refractivity (Wildman–Crippen MR) is 69.6 cm³/mol. The van der Waals surface area contributed by atoms with Crippen LogP contribution in [0, 0.1) is 6.92 Å². The van der Waals surface area contributed by atoms with E-state index in [1.54, 1.807) is 42.5 Å². The molecule has 0 saturated heterocycles. The molecule has 90 valence electrons. The molecule has 0 spiro atoms. The molecule has 2 N–H and O–H groups in total. The zero-order valence-corrected chi connectivity index (χ0v) is 10.0. The van der Waals surface area contributed by atoms with Gasteiger partial charge in [-0.15, -0.1) is 0 Å². The highest BCUT2D eigenvalue weighted by molar-refractivity contribution is 6.15. The van der Waals surface area contributed by atoms with Gasteiger partial charge in [0, 0.05) is 11.1 Å². The molecule has 0 aliphatic carbocycles. The Kier molecular flexibility index (Phi) is 3.24. The lowest BCUT2D eigenvalue weighted by atomic mass is 9.96. The first-order chi connectivity index (χ1) is 8.59. The van der Waals surface area contributed by atoms with Crippen molar-refractivity contribution in [3.8, 4) is 0 Å². The van der Waals surface area contributed by atoms with E-state index in [0.717, 1.165) is 5.56 Å². The summed E-state index contributed by atoms with van der Waals surface area (Å²) in [6.45, 7) is 1.85. The molecule has 0 unspecified atom stereocenters. The van der Waals surface area contributed by atoms with Gasteiger partial charge < -0.3 is 5.73 Å². The zero-order chi connectivity index (χ0) is 13.1. The third-order valence-electron chi connectivity index (χ3n) is 2.72. The summed E-state index contributed by atoms with van der Waals surface area (Å²) in [4.78, 5) is 23.7. The fourth-order valence-corrected chi connectivity index (χ4v) is 1.80. The standard InChI is InChI=1S/C15H13NO2/c1-10-7-8-12(13(9-10)15(16)18)14(17)11-5-3-2-4-6-11/h2-9H,1H3,(H2,16,18). The van der Waals surface area contributed by atoms with Gasteiger partial charge in [0.05, 0.1) is 5.56 Å². The lowest BCUT2D eigenvalue weighted by Gasteiger charge is -2.07. The first kappa shape index (κ1) is 12.0. The van der Waals surface area contributed by atoms with Gasteiger partial charge in [-0.05, 0) is 19.1 Å². The quantitative estimate of drug-likeness (QED) is 0.835. The summed E-state index contributed by atoms with van der Waals surface area (Å²) in [5.41, 5.74) is 7.36. The molecule has 0 aliphatic heterocycles. The monoisotopic (exact) mass is 239 g/mol. The molecule has 2 aromatic carbocycles. The minimum absolute atomic E-state index is 0.190. The van der Waals surface area contributed by atoms with Gasteiger partial charge in [-0.2, -0.15) is 0 Å². The van der Waals surface area contributed by atoms with Crippen molar-refractivity contribution in [1.82, 2.24) is 0 Å². The van der Waals surface area contributed by atoms with E-state index in [0.29, 0.717) is 11.1 Å². The molecule has 2 aromatic rings. The number of hydrogen-bond acceptors (Lipinski definition) is 2. The van der Waals surface area contributed by atoms with E-state index in [-0.39, 0.29) is 11.3 Å². The van der Waals surface area contributed by atoms with Crippen molar-refractivity contribution in [2.24, 2.45) is 5.73 Å². The Balaban J connectivity index is 2.52. The van der Waals surface area contributed by atoms with Crippen molar-refractivity contribution < 1.29 is 9.59 Å². The van der Waals surface area contributed by atoms with Crippen LogP contribution in [0.4, 0.5) is 0 Å². The molecule has 0 atom stereocenters. The highest BCUT2D eigenvalue weighted by Gasteiger charge is 2.16. The van der Waals surface area contributed by atoms with Crippen LogP contribution in [0.1, 0.15) is 31.8 Å². The average molecular weight is 239 g/mol. The molecule has 3 heteroatoms. The molecule has 1 amide bonds. The zero-order valence-electron chi connectivity index (χ0n) is 10.0. The molecule has 0 bridgehead atoms. The number of ketones is 1. The van der Waals surface area contributed by atoms with Gasteiger partial charge in [0.25, 0.3) is 0 Å². The lowest BCUT2D eigenvalue weighted by Crippen LogP contribution is -2.17. The number of aryl methyl sites for hydroxylation is 1. The van der Waals surface area contributed by atoms with Crippen LogP contribution in [-0.2, 0) is 0 Å². The summed E-state index contributed by atoms with van der Waals surface area (Å²) >= 11 is 0. The summed E-state index contributed by atoms with van der Waals surface area (Å²) < 4.78 is 0. The fraction of sp³-hybridized carbons (Fsp3) is 0.0667. The fourth-order valence-electron chi connectivity index (χ4n) is 1.80. The third-order valence-corrected chi connectivity index (χ3v) is 2.72. The van der Waals surface area contributed by atoms with Crippen molar-refractivity contribution in [2.75, 3.05) is 0 Å². The second kappa shape index (κ2) is 4.84. The predicted octanol–water partition coefficient (Wildman–Crippen LogP) is 2.32. The Hall–Kier alpha value is -2.42. The molecule has 0 saturated carbocycles. The van der Waals surface area contributed by atoms with Crippen LogP contribution >= 0.6 is 0 Å². The number of benzene rings is 2. The minimum Gasteiger partial charge on any atom is -0.366 e. The van der Waals surface area contributed by atoms with E-state index in [9.17, 15) is 9.59 Å². The van der Waals surface area contributed by atoms with Gasteiger partial charge >= 0.3 is 0 Å². The van der Waals surface area contributed by atoms with Crippen LogP contribution in [-0.4, -0.2) is 11.7 Å². The van der Waals surface area contributed by atoms with Gasteiger partial charge in [0.15, 0.2) is 5.78 Å². The molecular formula is C15H13NO2. The van der Waals surface area contributed by atoms with Crippen molar-refractivity contribution in [1.29, 1.82) is 0 Å². The minimum atomic E-state index is -0.585. The molecule has 0 radical (unpaired) electrons. The van der Waals surface area contributed by atoms with E-state index >= 15 is 0 Å². The lowest BCUT2D eigenvalue weighted by molar-refractivity contribution is 0.0981. The number of rotatable bonds is 3. The van der Waals surface area contributed by atoms with Gasteiger partial charge in [-0.3, -0.25) is 9.59 Å². The third kappa shape index (κ3) is 2.30. The SMILES string of the molecule is Cc1ccc(C(=O)c2ccccc2)c(C(N)=O)c1. The summed E-state index contributed by atoms with van der Waals surface area (Å²) in [5.74, 6) is -0.776. The number of hydrogen-bond donors (Lipinski definition) is 1. The van der Waals surface area contributed by atoms with Crippen molar-refractivity contribution >= 4 is 11.7 Å². The maximum atomic E-state index is 12.3. The number of carbonyl (C=O) groups excluding carboxylic acids is 2. The van der Waals surface area contributed by atoms with Gasteiger partial charge in [0.1, 0.15) is 0 Å². The van der Waals surface area contributed by atoms with Crippen molar-refractivity contribution in [3.63, 3.8) is 0 Å². The van der Waals surface area contributed by atoms with E-state index in [2.05, 4.69) is 0 Å². The van der Waals surface area contributed by atoms with Gasteiger partial charge in [-0.1, -0.05) is 42.0 Å². The highest BCUT2D eigenvalue weighted by atomic mass is 16.1. The smallest absolute Gasteiger partial charge is 0.249 e. The van der Waals surface area contributed by atoms with Crippen LogP contribution in [0.15, 0.2) is 48.5 Å². The average Bonchev–Trinajstić information content (AvgIpc) is 2.39. The Morgan fingerprint density at radius 2 is 1.61 bits per heavy atom. The first-order valence-corrected chi connectivity index (χ1v) is 5.60. The maximum Gasteiger partial charge on any atom is 0.249 e. The molecule has 3 nitrogen and oxygen atoms in total. The van der Waals surface area contributed by atoms with Crippen molar-refractivity contribution in [3.05, 3.63) is 70.8 Å². The van der Waals surface area contributed by atoms with Crippen LogP contribution in [0.2, 0.25) is 0 Å². The Morgan fingerprint density at radius 1 is 0.944 bits per heavy atom. The molecule has 0 aliphatic rings. The first-order valence-electron chi connectivity index (χ1n) is 5.60. The van der Waals surface area contributed by atoms with Crippen LogP contribution in [0.3, 0.4) is 0 Å². The molecule has 0 heterocycles. The Labute approximate surface area is 105 Å². The van der Waals surface area contributed by atoms with Gasteiger partial charge in [0.2, 0.25) is 5.91 Å². The Bertz CT molecular complexity index is 603. The molecule has 0 aromatic heterocycles. The van der Waals surface area contributed by atoms with E-state index in [4.69, 9.17) is 5.73 Å². The molecule has 18 heavy (non-hydrogen) atoms. The number of primary amides is 1. The molecule has 0 fully saturated rings. The van der Waals surface area contributed by atoms with Crippen LogP contribution < -0.4 is 5.73 Å². The van der Waals surface area contributed by atoms with Crippen LogP contribution in [0.5, 0.6) is 0 Å². The Morgan fingerprint density at radius 3 is 2.22 bits per heavy atom. The topological polar surface area (TPSA) is 60.2 Å². The summed E-state index contributed by atoms with van der Waals surface area (Å²) in [6, 6.07) is 13.9. The number of amides is 1. The van der Waals surface area contributed by atoms with E-state index in [1.165, 1.54) is 0 Å². The highest BCUT2D eigenvalue weighted by Crippen LogP contribution is 2.16. The van der Waals surface area contributed by atoms with Crippen LogP contribution in [0.25, 0.3) is 0 Å². The summed E-state index contributed by atoms with van der Waals surface area (Å²) in [6.07, 6.45) is 0. The molecular weight excluding hydrogens is 226 g/mol. The van der Waals surface area contributed by atoms with E-state index in [1.807, 2.05) is 13.0 Å². The normalized spacial score (nSPS) is 10.1.